The van der Waals surface area contributed by atoms with E-state index in [-0.39, 0.29) is 18.8 Å². The number of nitrogens with two attached hydrogens (primary N) is 1. The Hall–Kier alpha value is -0.690. The third-order valence-electron chi connectivity index (χ3n) is 1.08. The molecule has 0 aliphatic heterocycles. The highest BCUT2D eigenvalue weighted by Crippen LogP contribution is 2.30. The van der Waals surface area contributed by atoms with Crippen molar-refractivity contribution in [2.75, 3.05) is 6.54 Å². The lowest BCUT2D eigenvalue weighted by molar-refractivity contribution is -0.137. The lowest BCUT2D eigenvalue weighted by Crippen LogP contribution is -2.07. The summed E-state index contributed by atoms with van der Waals surface area (Å²) in [6.07, 6.45) is -4.10. The number of nitrogens with zero attached hydrogens (tertiary/aromatic N) is 2. The van der Waals surface area contributed by atoms with Crippen LogP contribution in [0.3, 0.4) is 0 Å². The van der Waals surface area contributed by atoms with Crippen molar-refractivity contribution in [1.82, 2.24) is 9.36 Å². The molecule has 0 saturated carbocycles. The van der Waals surface area contributed by atoms with Crippen LogP contribution < -0.4 is 5.73 Å². The number of aromatic nitrogens is 2. The standard InChI is InChI=1S/C5H6F3N3S/c6-5(7,8)4-10-3(1-2-9)11-12-4/h1-2,9H2. The number of hydrogen-bond acceptors (Lipinski definition) is 4. The molecule has 0 unspecified atom stereocenters. The summed E-state index contributed by atoms with van der Waals surface area (Å²) in [5, 5.41) is -0.911. The summed E-state index contributed by atoms with van der Waals surface area (Å²) in [5.41, 5.74) is 5.12. The van der Waals surface area contributed by atoms with Crippen molar-refractivity contribution >= 4 is 11.5 Å². The summed E-state index contributed by atoms with van der Waals surface area (Å²) in [6.45, 7) is 0.258. The second kappa shape index (κ2) is 3.36. The molecule has 1 aromatic heterocycles. The summed E-state index contributed by atoms with van der Waals surface area (Å²) in [7, 11) is 0. The van der Waals surface area contributed by atoms with E-state index >= 15 is 0 Å². The number of halogens is 3. The van der Waals surface area contributed by atoms with E-state index in [1.54, 1.807) is 0 Å². The van der Waals surface area contributed by atoms with E-state index in [9.17, 15) is 13.2 Å². The number of alkyl halides is 3. The van der Waals surface area contributed by atoms with Crippen LogP contribution in [0.1, 0.15) is 10.8 Å². The maximum absolute atomic E-state index is 11.9. The average molecular weight is 197 g/mol. The molecule has 1 heterocycles. The fourth-order valence-corrected chi connectivity index (χ4v) is 1.17. The molecule has 0 amide bonds. The highest BCUT2D eigenvalue weighted by molar-refractivity contribution is 7.05. The molecule has 0 fully saturated rings. The van der Waals surface area contributed by atoms with Crippen LogP contribution in [0.5, 0.6) is 0 Å². The summed E-state index contributed by atoms with van der Waals surface area (Å²) in [5.74, 6) is 0.162. The first kappa shape index (κ1) is 9.40. The molecule has 0 atom stereocenters. The molecule has 0 bridgehead atoms. The first-order chi connectivity index (χ1) is 5.54. The summed E-state index contributed by atoms with van der Waals surface area (Å²) in [6, 6.07) is 0. The van der Waals surface area contributed by atoms with Crippen molar-refractivity contribution < 1.29 is 13.2 Å². The van der Waals surface area contributed by atoms with Gasteiger partial charge in [0.25, 0.3) is 0 Å². The Balaban J connectivity index is 2.77. The van der Waals surface area contributed by atoms with Gasteiger partial charge in [-0.2, -0.15) is 17.5 Å². The normalized spacial score (nSPS) is 12.0. The maximum atomic E-state index is 11.9. The molecule has 0 radical (unpaired) electrons. The molecule has 12 heavy (non-hydrogen) atoms. The van der Waals surface area contributed by atoms with Gasteiger partial charge in [-0.25, -0.2) is 4.98 Å². The minimum absolute atomic E-state index is 0.162. The minimum Gasteiger partial charge on any atom is -0.330 e. The monoisotopic (exact) mass is 197 g/mol. The topological polar surface area (TPSA) is 51.8 Å². The van der Waals surface area contributed by atoms with E-state index < -0.39 is 11.2 Å². The van der Waals surface area contributed by atoms with Crippen molar-refractivity contribution in [2.24, 2.45) is 5.73 Å². The third-order valence-corrected chi connectivity index (χ3v) is 1.88. The van der Waals surface area contributed by atoms with Crippen LogP contribution in [-0.4, -0.2) is 15.9 Å². The first-order valence-electron chi connectivity index (χ1n) is 3.14. The highest BCUT2D eigenvalue weighted by atomic mass is 32.1. The quantitative estimate of drug-likeness (QED) is 0.771. The maximum Gasteiger partial charge on any atom is 0.444 e. The Morgan fingerprint density at radius 1 is 1.42 bits per heavy atom. The lowest BCUT2D eigenvalue weighted by atomic mass is 10.4. The number of hydrogen-bond donors (Lipinski definition) is 1. The molecule has 2 N–H and O–H groups in total. The Labute approximate surface area is 70.6 Å². The fraction of sp³-hybridized carbons (Fsp3) is 0.600. The number of rotatable bonds is 2. The van der Waals surface area contributed by atoms with Gasteiger partial charge in [0, 0.05) is 6.42 Å². The smallest absolute Gasteiger partial charge is 0.330 e. The highest BCUT2D eigenvalue weighted by Gasteiger charge is 2.35. The van der Waals surface area contributed by atoms with Crippen LogP contribution >= 0.6 is 11.5 Å². The molecule has 7 heteroatoms. The zero-order valence-electron chi connectivity index (χ0n) is 5.93. The molecule has 0 saturated heterocycles. The van der Waals surface area contributed by atoms with Crippen molar-refractivity contribution in [3.8, 4) is 0 Å². The minimum atomic E-state index is -4.38. The van der Waals surface area contributed by atoms with Crippen molar-refractivity contribution in [3.05, 3.63) is 10.8 Å². The van der Waals surface area contributed by atoms with E-state index in [1.807, 2.05) is 0 Å². The van der Waals surface area contributed by atoms with Gasteiger partial charge in [-0.1, -0.05) is 0 Å². The first-order valence-corrected chi connectivity index (χ1v) is 3.91. The Bertz CT molecular complexity index is 257. The van der Waals surface area contributed by atoms with Gasteiger partial charge in [-0.15, -0.1) is 0 Å². The average Bonchev–Trinajstić information content (AvgIpc) is 2.35. The fourth-order valence-electron chi connectivity index (χ4n) is 0.600. The molecule has 1 aromatic rings. The lowest BCUT2D eigenvalue weighted by Gasteiger charge is -1.97. The van der Waals surface area contributed by atoms with Gasteiger partial charge in [0.05, 0.1) is 0 Å². The van der Waals surface area contributed by atoms with Crippen molar-refractivity contribution in [1.29, 1.82) is 0 Å². The molecular weight excluding hydrogens is 191 g/mol. The van der Waals surface area contributed by atoms with Gasteiger partial charge < -0.3 is 5.73 Å². The van der Waals surface area contributed by atoms with Gasteiger partial charge in [0.15, 0.2) is 0 Å². The predicted molar refractivity (Wildman–Crippen MR) is 37.7 cm³/mol. The molecule has 0 aliphatic rings. The predicted octanol–water partition coefficient (Wildman–Crippen LogP) is 1.06. The van der Waals surface area contributed by atoms with Gasteiger partial charge >= 0.3 is 6.18 Å². The molecule has 0 aliphatic carbocycles. The van der Waals surface area contributed by atoms with Crippen LogP contribution in [0.2, 0.25) is 0 Å². The largest absolute Gasteiger partial charge is 0.444 e. The van der Waals surface area contributed by atoms with Gasteiger partial charge in [0.1, 0.15) is 5.82 Å². The van der Waals surface area contributed by atoms with Gasteiger partial charge in [-0.3, -0.25) is 0 Å². The summed E-state index contributed by atoms with van der Waals surface area (Å²) >= 11 is 0.355. The Kier molecular flexibility index (Phi) is 2.63. The van der Waals surface area contributed by atoms with Gasteiger partial charge in [0.2, 0.25) is 5.01 Å². The van der Waals surface area contributed by atoms with Crippen LogP contribution in [0, 0.1) is 0 Å². The molecule has 0 aromatic carbocycles. The second-order valence-corrected chi connectivity index (χ2v) is 2.80. The van der Waals surface area contributed by atoms with Crippen LogP contribution in [-0.2, 0) is 12.6 Å². The van der Waals surface area contributed by atoms with E-state index in [1.165, 1.54) is 0 Å². The molecule has 68 valence electrons. The van der Waals surface area contributed by atoms with E-state index in [2.05, 4.69) is 9.36 Å². The van der Waals surface area contributed by atoms with Crippen molar-refractivity contribution in [3.63, 3.8) is 0 Å². The Morgan fingerprint density at radius 3 is 2.50 bits per heavy atom. The third kappa shape index (κ3) is 2.15. The van der Waals surface area contributed by atoms with Crippen molar-refractivity contribution in [2.45, 2.75) is 12.6 Å². The van der Waals surface area contributed by atoms with E-state index in [0.29, 0.717) is 11.5 Å². The van der Waals surface area contributed by atoms with Crippen LogP contribution in [0.4, 0.5) is 13.2 Å². The summed E-state index contributed by atoms with van der Waals surface area (Å²) < 4.78 is 39.3. The van der Waals surface area contributed by atoms with Crippen LogP contribution in [0.15, 0.2) is 0 Å². The molecular formula is C5H6F3N3S. The van der Waals surface area contributed by atoms with Gasteiger partial charge in [-0.05, 0) is 18.1 Å². The van der Waals surface area contributed by atoms with Crippen LogP contribution in [0.25, 0.3) is 0 Å². The zero-order valence-corrected chi connectivity index (χ0v) is 6.74. The molecule has 3 nitrogen and oxygen atoms in total. The summed E-state index contributed by atoms with van der Waals surface area (Å²) in [4.78, 5) is 3.27. The van der Waals surface area contributed by atoms with E-state index in [0.717, 1.165) is 0 Å². The second-order valence-electron chi connectivity index (χ2n) is 2.05. The molecule has 1 rings (SSSR count). The Morgan fingerprint density at radius 2 is 2.08 bits per heavy atom. The van der Waals surface area contributed by atoms with E-state index in [4.69, 9.17) is 5.73 Å². The SMILES string of the molecule is NCCc1nsc(C(F)(F)F)n1. The molecule has 0 spiro atoms. The zero-order chi connectivity index (χ0) is 9.19.